The molecule has 0 aliphatic heterocycles. The number of anilines is 1. The molecule has 0 saturated heterocycles. The van der Waals surface area contributed by atoms with E-state index in [9.17, 15) is 9.59 Å². The highest BCUT2D eigenvalue weighted by molar-refractivity contribution is 6.39. The molecule has 0 spiro atoms. The largest absolute Gasteiger partial charge is 0.345 e. The normalized spacial score (nSPS) is 12.7. The van der Waals surface area contributed by atoms with E-state index in [2.05, 4.69) is 31.4 Å². The second-order valence-corrected chi connectivity index (χ2v) is 6.03. The van der Waals surface area contributed by atoms with Gasteiger partial charge in [0.05, 0.1) is 0 Å². The maximum absolute atomic E-state index is 11.9. The van der Waals surface area contributed by atoms with E-state index in [0.29, 0.717) is 5.69 Å². The minimum atomic E-state index is -0.623. The molecule has 20 heavy (non-hydrogen) atoms. The Balaban J connectivity index is 2.84. The van der Waals surface area contributed by atoms with E-state index in [0.717, 1.165) is 12.0 Å². The van der Waals surface area contributed by atoms with Crippen molar-refractivity contribution in [3.05, 3.63) is 29.8 Å². The Bertz CT molecular complexity index is 489. The van der Waals surface area contributed by atoms with E-state index in [4.69, 9.17) is 0 Å². The van der Waals surface area contributed by atoms with Crippen molar-refractivity contribution < 1.29 is 9.59 Å². The van der Waals surface area contributed by atoms with Crippen LogP contribution in [0.5, 0.6) is 0 Å². The summed E-state index contributed by atoms with van der Waals surface area (Å²) < 4.78 is 0. The van der Waals surface area contributed by atoms with Crippen LogP contribution in [-0.4, -0.2) is 17.9 Å². The zero-order valence-corrected chi connectivity index (χ0v) is 12.9. The first-order valence-corrected chi connectivity index (χ1v) is 6.97. The van der Waals surface area contributed by atoms with Crippen LogP contribution in [0.15, 0.2) is 24.3 Å². The van der Waals surface area contributed by atoms with Crippen LogP contribution in [0.25, 0.3) is 0 Å². The first-order valence-electron chi connectivity index (χ1n) is 6.97. The molecule has 0 fully saturated rings. The van der Waals surface area contributed by atoms with Crippen molar-refractivity contribution >= 4 is 17.5 Å². The number of para-hydroxylation sites is 1. The molecule has 0 saturated carbocycles. The number of benzene rings is 1. The fraction of sp³-hybridized carbons (Fsp3) is 0.500. The fourth-order valence-corrected chi connectivity index (χ4v) is 1.82. The van der Waals surface area contributed by atoms with Gasteiger partial charge in [0.1, 0.15) is 0 Å². The van der Waals surface area contributed by atoms with E-state index >= 15 is 0 Å². The quantitative estimate of drug-likeness (QED) is 0.834. The Morgan fingerprint density at radius 1 is 1.15 bits per heavy atom. The summed E-state index contributed by atoms with van der Waals surface area (Å²) in [5, 5.41) is 5.35. The highest BCUT2D eigenvalue weighted by atomic mass is 16.2. The van der Waals surface area contributed by atoms with Gasteiger partial charge in [-0.2, -0.15) is 0 Å². The molecule has 2 N–H and O–H groups in total. The third-order valence-corrected chi connectivity index (χ3v) is 3.18. The summed E-state index contributed by atoms with van der Waals surface area (Å²) in [4.78, 5) is 23.7. The molecule has 1 atom stereocenters. The van der Waals surface area contributed by atoms with Crippen LogP contribution < -0.4 is 10.6 Å². The van der Waals surface area contributed by atoms with E-state index in [1.807, 2.05) is 38.1 Å². The van der Waals surface area contributed by atoms with Crippen LogP contribution in [0.3, 0.4) is 0 Å². The summed E-state index contributed by atoms with van der Waals surface area (Å²) in [7, 11) is 0. The van der Waals surface area contributed by atoms with Crippen molar-refractivity contribution in [2.75, 3.05) is 5.32 Å². The predicted octanol–water partition coefficient (Wildman–Crippen LogP) is 2.84. The Hall–Kier alpha value is -1.84. The minimum Gasteiger partial charge on any atom is -0.345 e. The zero-order chi connectivity index (χ0) is 15.3. The lowest BCUT2D eigenvalue weighted by molar-refractivity contribution is -0.136. The minimum absolute atomic E-state index is 0.00823. The molecule has 0 aliphatic rings. The summed E-state index contributed by atoms with van der Waals surface area (Å²) in [6.07, 6.45) is 0.789. The third-order valence-electron chi connectivity index (χ3n) is 3.18. The van der Waals surface area contributed by atoms with Gasteiger partial charge in [-0.15, -0.1) is 0 Å². The summed E-state index contributed by atoms with van der Waals surface area (Å²) in [6.45, 7) is 10.0. The average molecular weight is 276 g/mol. The maximum atomic E-state index is 11.9. The van der Waals surface area contributed by atoms with Crippen LogP contribution in [0, 0.1) is 0 Å². The van der Waals surface area contributed by atoms with Gasteiger partial charge in [-0.05, 0) is 30.4 Å². The van der Waals surface area contributed by atoms with Crippen molar-refractivity contribution in [1.29, 1.82) is 0 Å². The number of nitrogens with one attached hydrogen (secondary N) is 2. The molecule has 4 nitrogen and oxygen atoms in total. The number of hydrogen-bond donors (Lipinski definition) is 2. The second-order valence-electron chi connectivity index (χ2n) is 6.03. The van der Waals surface area contributed by atoms with Crippen LogP contribution in [0.4, 0.5) is 5.69 Å². The molecule has 0 heterocycles. The second kappa shape index (κ2) is 6.55. The Morgan fingerprint density at radius 2 is 1.75 bits per heavy atom. The predicted molar refractivity (Wildman–Crippen MR) is 81.7 cm³/mol. The van der Waals surface area contributed by atoms with Crippen LogP contribution in [-0.2, 0) is 15.0 Å². The summed E-state index contributed by atoms with van der Waals surface area (Å²) in [5.41, 5.74) is 1.59. The lowest BCUT2D eigenvalue weighted by Crippen LogP contribution is -2.40. The molecule has 1 rings (SSSR count). The SMILES string of the molecule is CC[C@H](C)NC(=O)C(=O)Nc1ccccc1C(C)(C)C. The Kier molecular flexibility index (Phi) is 5.31. The molecule has 4 heteroatoms. The summed E-state index contributed by atoms with van der Waals surface area (Å²) in [6, 6.07) is 7.54. The number of amides is 2. The van der Waals surface area contributed by atoms with Crippen LogP contribution in [0.2, 0.25) is 0 Å². The molecule has 0 aliphatic carbocycles. The Labute approximate surface area is 121 Å². The number of hydrogen-bond acceptors (Lipinski definition) is 2. The molecular weight excluding hydrogens is 252 g/mol. The van der Waals surface area contributed by atoms with Crippen molar-refractivity contribution in [2.45, 2.75) is 52.5 Å². The lowest BCUT2D eigenvalue weighted by atomic mass is 9.86. The number of carbonyl (C=O) groups excluding carboxylic acids is 2. The highest BCUT2D eigenvalue weighted by Crippen LogP contribution is 2.29. The van der Waals surface area contributed by atoms with Gasteiger partial charge < -0.3 is 10.6 Å². The van der Waals surface area contributed by atoms with E-state index in [-0.39, 0.29) is 11.5 Å². The van der Waals surface area contributed by atoms with Gasteiger partial charge in [-0.1, -0.05) is 45.9 Å². The van der Waals surface area contributed by atoms with E-state index in [1.165, 1.54) is 0 Å². The fourth-order valence-electron chi connectivity index (χ4n) is 1.82. The van der Waals surface area contributed by atoms with Gasteiger partial charge >= 0.3 is 11.8 Å². The van der Waals surface area contributed by atoms with E-state index < -0.39 is 11.8 Å². The molecule has 0 radical (unpaired) electrons. The summed E-state index contributed by atoms with van der Waals surface area (Å²) in [5.74, 6) is -1.22. The summed E-state index contributed by atoms with van der Waals surface area (Å²) >= 11 is 0. The van der Waals surface area contributed by atoms with E-state index in [1.54, 1.807) is 0 Å². The average Bonchev–Trinajstić information content (AvgIpc) is 2.37. The zero-order valence-electron chi connectivity index (χ0n) is 12.9. The van der Waals surface area contributed by atoms with Gasteiger partial charge in [-0.3, -0.25) is 9.59 Å². The van der Waals surface area contributed by atoms with Gasteiger partial charge in [0.25, 0.3) is 0 Å². The van der Waals surface area contributed by atoms with Crippen molar-refractivity contribution in [1.82, 2.24) is 5.32 Å². The smallest absolute Gasteiger partial charge is 0.313 e. The maximum Gasteiger partial charge on any atom is 0.313 e. The molecule has 0 bridgehead atoms. The molecule has 110 valence electrons. The molecule has 1 aromatic rings. The number of rotatable bonds is 3. The molecule has 1 aromatic carbocycles. The third kappa shape index (κ3) is 4.37. The van der Waals surface area contributed by atoms with Gasteiger partial charge in [0.15, 0.2) is 0 Å². The van der Waals surface area contributed by atoms with Crippen molar-refractivity contribution in [3.63, 3.8) is 0 Å². The first kappa shape index (κ1) is 16.2. The lowest BCUT2D eigenvalue weighted by Gasteiger charge is -2.23. The van der Waals surface area contributed by atoms with Crippen LogP contribution >= 0.6 is 0 Å². The standard InChI is InChI=1S/C16H24N2O2/c1-6-11(2)17-14(19)15(20)18-13-10-8-7-9-12(13)16(3,4)5/h7-11H,6H2,1-5H3,(H,17,19)(H,18,20)/t11-/m0/s1. The van der Waals surface area contributed by atoms with Gasteiger partial charge in [0, 0.05) is 11.7 Å². The topological polar surface area (TPSA) is 58.2 Å². The molecule has 2 amide bonds. The van der Waals surface area contributed by atoms with Crippen molar-refractivity contribution in [3.8, 4) is 0 Å². The molecule has 0 aromatic heterocycles. The van der Waals surface area contributed by atoms with Crippen molar-refractivity contribution in [2.24, 2.45) is 0 Å². The highest BCUT2D eigenvalue weighted by Gasteiger charge is 2.21. The van der Waals surface area contributed by atoms with Gasteiger partial charge in [-0.25, -0.2) is 0 Å². The monoisotopic (exact) mass is 276 g/mol. The number of carbonyl (C=O) groups is 2. The molecule has 0 unspecified atom stereocenters. The van der Waals surface area contributed by atoms with Gasteiger partial charge in [0.2, 0.25) is 0 Å². The first-order chi connectivity index (χ1) is 9.25. The molecular formula is C16H24N2O2. The Morgan fingerprint density at radius 3 is 2.30 bits per heavy atom. The van der Waals surface area contributed by atoms with Crippen LogP contribution in [0.1, 0.15) is 46.6 Å².